The van der Waals surface area contributed by atoms with Crippen molar-refractivity contribution in [3.8, 4) is 0 Å². The van der Waals surface area contributed by atoms with Crippen molar-refractivity contribution in [2.24, 2.45) is 5.92 Å². The van der Waals surface area contributed by atoms with Crippen molar-refractivity contribution < 1.29 is 18.0 Å². The molecule has 160 valence electrons. The van der Waals surface area contributed by atoms with Gasteiger partial charge in [-0.3, -0.25) is 4.79 Å². The molecule has 0 unspecified atom stereocenters. The van der Waals surface area contributed by atoms with Crippen LogP contribution in [-0.4, -0.2) is 71.5 Å². The van der Waals surface area contributed by atoms with E-state index >= 15 is 0 Å². The third-order valence-corrected chi connectivity index (χ3v) is 7.11. The van der Waals surface area contributed by atoms with Crippen LogP contribution in [0.25, 0.3) is 11.0 Å². The van der Waals surface area contributed by atoms with Crippen LogP contribution in [-0.2, 0) is 14.8 Å². The Morgan fingerprint density at radius 2 is 1.97 bits per heavy atom. The van der Waals surface area contributed by atoms with Crippen molar-refractivity contribution in [3.63, 3.8) is 0 Å². The first kappa shape index (κ1) is 21.5. The molecule has 1 amide bonds. The average molecular weight is 424 g/mol. The van der Waals surface area contributed by atoms with Gasteiger partial charge in [-0.2, -0.15) is 4.31 Å². The van der Waals surface area contributed by atoms with Crippen LogP contribution in [0, 0.1) is 5.92 Å². The molecule has 1 aromatic carbocycles. The molecule has 1 aliphatic rings. The lowest BCUT2D eigenvalue weighted by Gasteiger charge is -2.21. The summed E-state index contributed by atoms with van der Waals surface area (Å²) in [7, 11) is -3.61. The molecule has 1 fully saturated rings. The monoisotopic (exact) mass is 423 g/mol. The van der Waals surface area contributed by atoms with Crippen LogP contribution < -0.4 is 4.84 Å². The van der Waals surface area contributed by atoms with Crippen LogP contribution in [0.15, 0.2) is 23.1 Å². The molecule has 0 saturated heterocycles. The summed E-state index contributed by atoms with van der Waals surface area (Å²) in [6, 6.07) is 4.59. The molecule has 0 bridgehead atoms. The van der Waals surface area contributed by atoms with E-state index in [1.54, 1.807) is 19.9 Å². The quantitative estimate of drug-likeness (QED) is 0.544. The lowest BCUT2D eigenvalue weighted by atomic mass is 10.3. The number of sulfonamides is 1. The molecule has 3 rings (SSSR count). The van der Waals surface area contributed by atoms with E-state index in [2.05, 4.69) is 10.3 Å². The van der Waals surface area contributed by atoms with Gasteiger partial charge in [0.2, 0.25) is 10.0 Å². The van der Waals surface area contributed by atoms with Crippen molar-refractivity contribution in [2.75, 3.05) is 32.8 Å². The topological polar surface area (TPSA) is 97.6 Å². The maximum Gasteiger partial charge on any atom is 0.263 e. The zero-order valence-corrected chi connectivity index (χ0v) is 18.1. The van der Waals surface area contributed by atoms with E-state index in [0.717, 1.165) is 17.8 Å². The van der Waals surface area contributed by atoms with E-state index in [1.807, 2.05) is 11.8 Å². The van der Waals surface area contributed by atoms with E-state index in [9.17, 15) is 13.2 Å². The number of hydrogen-bond acceptors (Lipinski definition) is 6. The molecule has 0 aliphatic heterocycles. The van der Waals surface area contributed by atoms with E-state index in [1.165, 1.54) is 29.3 Å². The third kappa shape index (κ3) is 4.87. The molecule has 9 nitrogen and oxygen atoms in total. The number of benzene rings is 1. The standard InChI is InChI=1S/C19H29N5O4S/c1-4-11-22(13-15-7-8-15)19(25)14-28-24-18-12-16(9-10-17(18)20-21-24)29(26,27)23(5-2)6-3/h9-10,12,15H,4-8,11,13-14H2,1-3H3. The van der Waals surface area contributed by atoms with Crippen LogP contribution >= 0.6 is 0 Å². The molecular weight excluding hydrogens is 394 g/mol. The first-order valence-electron chi connectivity index (χ1n) is 10.2. The van der Waals surface area contributed by atoms with Gasteiger partial charge in [-0.05, 0) is 48.6 Å². The van der Waals surface area contributed by atoms with Crippen LogP contribution in [0.5, 0.6) is 0 Å². The van der Waals surface area contributed by atoms with Crippen molar-refractivity contribution >= 4 is 27.0 Å². The van der Waals surface area contributed by atoms with Crippen LogP contribution in [0.3, 0.4) is 0 Å². The van der Waals surface area contributed by atoms with Crippen LogP contribution in [0.4, 0.5) is 0 Å². The Morgan fingerprint density at radius 1 is 1.24 bits per heavy atom. The number of amides is 1. The molecule has 1 aliphatic carbocycles. The van der Waals surface area contributed by atoms with Gasteiger partial charge in [-0.25, -0.2) is 8.42 Å². The van der Waals surface area contributed by atoms with Gasteiger partial charge < -0.3 is 9.74 Å². The number of rotatable bonds is 11. The summed E-state index contributed by atoms with van der Waals surface area (Å²) in [5.74, 6) is 0.500. The number of carbonyl (C=O) groups is 1. The molecule has 1 heterocycles. The minimum absolute atomic E-state index is 0.102. The average Bonchev–Trinajstić information content (AvgIpc) is 3.43. The molecule has 1 saturated carbocycles. The SMILES string of the molecule is CCCN(CC1CC1)C(=O)COn1nnc2ccc(S(=O)(=O)N(CC)CC)cc21. The summed E-state index contributed by atoms with van der Waals surface area (Å²) < 4.78 is 26.9. The number of carbonyl (C=O) groups excluding carboxylic acids is 1. The second-order valence-corrected chi connectivity index (χ2v) is 9.20. The highest BCUT2D eigenvalue weighted by Crippen LogP contribution is 2.29. The normalized spacial score (nSPS) is 14.5. The molecule has 1 aromatic heterocycles. The van der Waals surface area contributed by atoms with Crippen molar-refractivity contribution in [2.45, 2.75) is 44.9 Å². The summed E-state index contributed by atoms with van der Waals surface area (Å²) in [5, 5.41) is 7.92. The summed E-state index contributed by atoms with van der Waals surface area (Å²) in [6.45, 7) is 7.69. The van der Waals surface area contributed by atoms with Gasteiger partial charge in [0.15, 0.2) is 6.61 Å². The first-order valence-corrected chi connectivity index (χ1v) is 11.6. The lowest BCUT2D eigenvalue weighted by Crippen LogP contribution is -2.38. The molecule has 0 radical (unpaired) electrons. The predicted octanol–water partition coefficient (Wildman–Crippen LogP) is 1.54. The van der Waals surface area contributed by atoms with Gasteiger partial charge in [0.05, 0.1) is 4.90 Å². The molecule has 0 atom stereocenters. The molecule has 10 heteroatoms. The Kier molecular flexibility index (Phi) is 6.74. The maximum atomic E-state index is 12.8. The lowest BCUT2D eigenvalue weighted by molar-refractivity contribution is -0.137. The summed E-state index contributed by atoms with van der Waals surface area (Å²) in [6.07, 6.45) is 3.23. The number of nitrogens with zero attached hydrogens (tertiary/aromatic N) is 5. The zero-order valence-electron chi connectivity index (χ0n) is 17.2. The molecular formula is C19H29N5O4S. The highest BCUT2D eigenvalue weighted by Gasteiger charge is 2.27. The number of fused-ring (bicyclic) bond motifs is 1. The molecule has 0 spiro atoms. The Bertz CT molecular complexity index is 951. The van der Waals surface area contributed by atoms with E-state index in [0.29, 0.717) is 36.6 Å². The molecule has 29 heavy (non-hydrogen) atoms. The van der Waals surface area contributed by atoms with Gasteiger partial charge in [0, 0.05) is 26.2 Å². The van der Waals surface area contributed by atoms with Crippen molar-refractivity contribution in [1.29, 1.82) is 0 Å². The van der Waals surface area contributed by atoms with E-state index in [-0.39, 0.29) is 17.4 Å². The van der Waals surface area contributed by atoms with Gasteiger partial charge >= 0.3 is 0 Å². The van der Waals surface area contributed by atoms with Gasteiger partial charge in [-0.15, -0.1) is 5.10 Å². The van der Waals surface area contributed by atoms with Gasteiger partial charge in [-0.1, -0.05) is 25.6 Å². The maximum absolute atomic E-state index is 12.8. The minimum atomic E-state index is -3.61. The smallest absolute Gasteiger partial charge is 0.263 e. The molecule has 0 N–H and O–H groups in total. The Labute approximate surface area is 171 Å². The zero-order chi connectivity index (χ0) is 21.0. The third-order valence-electron chi connectivity index (χ3n) is 5.06. The second kappa shape index (κ2) is 9.08. The summed E-state index contributed by atoms with van der Waals surface area (Å²) in [4.78, 5) is 21.2. The number of aromatic nitrogens is 3. The fraction of sp³-hybridized carbons (Fsp3) is 0.632. The largest absolute Gasteiger partial charge is 0.385 e. The van der Waals surface area contributed by atoms with Crippen molar-refractivity contribution in [1.82, 2.24) is 24.4 Å². The number of hydrogen-bond donors (Lipinski definition) is 0. The fourth-order valence-electron chi connectivity index (χ4n) is 3.25. The fourth-order valence-corrected chi connectivity index (χ4v) is 4.73. The summed E-state index contributed by atoms with van der Waals surface area (Å²) >= 11 is 0. The van der Waals surface area contributed by atoms with E-state index < -0.39 is 10.0 Å². The van der Waals surface area contributed by atoms with Crippen LogP contribution in [0.2, 0.25) is 0 Å². The van der Waals surface area contributed by atoms with Gasteiger partial charge in [0.1, 0.15) is 11.0 Å². The predicted molar refractivity (Wildman–Crippen MR) is 109 cm³/mol. The second-order valence-electron chi connectivity index (χ2n) is 7.26. The Balaban J connectivity index is 1.77. The highest BCUT2D eigenvalue weighted by atomic mass is 32.2. The van der Waals surface area contributed by atoms with Gasteiger partial charge in [0.25, 0.3) is 5.91 Å². The first-order chi connectivity index (χ1) is 13.9. The summed E-state index contributed by atoms with van der Waals surface area (Å²) in [5.41, 5.74) is 0.912. The Morgan fingerprint density at radius 3 is 2.59 bits per heavy atom. The van der Waals surface area contributed by atoms with Crippen LogP contribution in [0.1, 0.15) is 40.0 Å². The minimum Gasteiger partial charge on any atom is -0.385 e. The van der Waals surface area contributed by atoms with Crippen molar-refractivity contribution in [3.05, 3.63) is 18.2 Å². The highest BCUT2D eigenvalue weighted by molar-refractivity contribution is 7.89. The Hall–Kier alpha value is -2.20. The molecule has 2 aromatic rings. The van der Waals surface area contributed by atoms with E-state index in [4.69, 9.17) is 4.84 Å².